The molecule has 3 aromatic rings. The number of ether oxygens (including phenoxy) is 2. The van der Waals surface area contributed by atoms with Gasteiger partial charge in [0, 0.05) is 4.47 Å². The number of nitrogens with zero attached hydrogens (tertiary/aromatic N) is 2. The lowest BCUT2D eigenvalue weighted by Crippen LogP contribution is -2.21. The maximum absolute atomic E-state index is 13.0. The fraction of sp³-hybridized carbons (Fsp3) is 0.154. The molecule has 0 aromatic heterocycles. The number of amides is 1. The molecule has 0 atom stereocenters. The lowest BCUT2D eigenvalue weighted by Gasteiger charge is -2.13. The fourth-order valence-corrected chi connectivity index (χ4v) is 3.60. The Morgan fingerprint density at radius 3 is 2.44 bits per heavy atom. The Balaban J connectivity index is 1.55. The summed E-state index contributed by atoms with van der Waals surface area (Å²) in [6.45, 7) is 4.71. The molecular formula is C26H23BrN2O3. The van der Waals surface area contributed by atoms with Gasteiger partial charge in [0.15, 0.2) is 11.5 Å². The van der Waals surface area contributed by atoms with Crippen LogP contribution in [0.1, 0.15) is 25.0 Å². The van der Waals surface area contributed by atoms with E-state index in [0.29, 0.717) is 36.0 Å². The van der Waals surface area contributed by atoms with E-state index in [1.807, 2.05) is 92.7 Å². The summed E-state index contributed by atoms with van der Waals surface area (Å²) < 4.78 is 12.8. The fourth-order valence-electron chi connectivity index (χ4n) is 3.34. The van der Waals surface area contributed by atoms with Crippen LogP contribution >= 0.6 is 15.9 Å². The molecule has 0 spiro atoms. The van der Waals surface area contributed by atoms with Gasteiger partial charge in [0.25, 0.3) is 5.91 Å². The summed E-state index contributed by atoms with van der Waals surface area (Å²) in [5, 5.41) is 5.87. The summed E-state index contributed by atoms with van der Waals surface area (Å²) in [4.78, 5) is 13.0. The van der Waals surface area contributed by atoms with Crippen LogP contribution in [-0.4, -0.2) is 18.2 Å². The first-order valence-electron chi connectivity index (χ1n) is 10.4. The molecule has 0 radical (unpaired) electrons. The van der Waals surface area contributed by atoms with Crippen LogP contribution in [0.5, 0.6) is 11.5 Å². The second-order valence-electron chi connectivity index (χ2n) is 7.25. The van der Waals surface area contributed by atoms with Crippen molar-refractivity contribution in [3.63, 3.8) is 0 Å². The van der Waals surface area contributed by atoms with Crippen molar-refractivity contribution in [2.75, 3.05) is 11.6 Å². The molecule has 0 saturated heterocycles. The molecule has 1 heterocycles. The summed E-state index contributed by atoms with van der Waals surface area (Å²) in [5.41, 5.74) is 3.88. The van der Waals surface area contributed by atoms with E-state index in [2.05, 4.69) is 21.0 Å². The smallest absolute Gasteiger partial charge is 0.280 e. The van der Waals surface area contributed by atoms with Crippen molar-refractivity contribution >= 4 is 39.3 Å². The van der Waals surface area contributed by atoms with E-state index in [-0.39, 0.29) is 5.91 Å². The van der Waals surface area contributed by atoms with E-state index in [1.165, 1.54) is 5.01 Å². The molecule has 5 nitrogen and oxygen atoms in total. The van der Waals surface area contributed by atoms with Crippen molar-refractivity contribution in [2.24, 2.45) is 5.10 Å². The number of carbonyl (C=O) groups is 1. The van der Waals surface area contributed by atoms with Crippen LogP contribution in [0.2, 0.25) is 0 Å². The Morgan fingerprint density at radius 1 is 0.969 bits per heavy atom. The van der Waals surface area contributed by atoms with Crippen molar-refractivity contribution < 1.29 is 14.3 Å². The molecule has 0 saturated carbocycles. The van der Waals surface area contributed by atoms with Gasteiger partial charge < -0.3 is 9.47 Å². The van der Waals surface area contributed by atoms with Gasteiger partial charge in [-0.1, -0.05) is 52.3 Å². The van der Waals surface area contributed by atoms with Gasteiger partial charge in [0.1, 0.15) is 6.61 Å². The molecule has 1 amide bonds. The van der Waals surface area contributed by atoms with E-state index >= 15 is 0 Å². The summed E-state index contributed by atoms with van der Waals surface area (Å²) >= 11 is 3.44. The SMILES string of the molecule is CCOc1cc(/C=C2\C(=O)N(c3ccccc3)N=C2C)ccc1OCc1ccc(Br)cc1. The van der Waals surface area contributed by atoms with E-state index in [9.17, 15) is 4.79 Å². The second-order valence-corrected chi connectivity index (χ2v) is 8.17. The molecule has 0 bridgehead atoms. The van der Waals surface area contributed by atoms with E-state index in [4.69, 9.17) is 9.47 Å². The van der Waals surface area contributed by atoms with Crippen molar-refractivity contribution in [3.8, 4) is 11.5 Å². The van der Waals surface area contributed by atoms with Gasteiger partial charge in [-0.3, -0.25) is 4.79 Å². The Bertz CT molecular complexity index is 1170. The average molecular weight is 491 g/mol. The molecular weight excluding hydrogens is 468 g/mol. The average Bonchev–Trinajstić information content (AvgIpc) is 3.09. The van der Waals surface area contributed by atoms with Gasteiger partial charge in [-0.2, -0.15) is 10.1 Å². The first kappa shape index (κ1) is 21.8. The molecule has 0 N–H and O–H groups in total. The summed E-state index contributed by atoms with van der Waals surface area (Å²) in [6, 6.07) is 23.1. The first-order chi connectivity index (χ1) is 15.5. The molecule has 0 aliphatic carbocycles. The maximum Gasteiger partial charge on any atom is 0.280 e. The minimum Gasteiger partial charge on any atom is -0.490 e. The molecule has 0 fully saturated rings. The molecule has 4 rings (SSSR count). The van der Waals surface area contributed by atoms with E-state index in [1.54, 1.807) is 0 Å². The standard InChI is InChI=1S/C26H23BrN2O3/c1-3-31-25-16-20(11-14-24(25)32-17-19-9-12-21(27)13-10-19)15-23-18(2)28-29(26(23)30)22-7-5-4-6-8-22/h4-16H,3,17H2,1-2H3/b23-15-. The van der Waals surface area contributed by atoms with Crippen molar-refractivity contribution in [2.45, 2.75) is 20.5 Å². The number of rotatable bonds is 7. The normalized spacial score (nSPS) is 14.6. The molecule has 162 valence electrons. The van der Waals surface area contributed by atoms with Crippen molar-refractivity contribution in [3.05, 3.63) is 94.0 Å². The number of anilines is 1. The van der Waals surface area contributed by atoms with Crippen LogP contribution in [0.15, 0.2) is 87.9 Å². The number of para-hydroxylation sites is 1. The van der Waals surface area contributed by atoms with Gasteiger partial charge in [-0.25, -0.2) is 0 Å². The van der Waals surface area contributed by atoms with Crippen LogP contribution in [0.3, 0.4) is 0 Å². The maximum atomic E-state index is 13.0. The van der Waals surface area contributed by atoms with E-state index in [0.717, 1.165) is 21.3 Å². The highest BCUT2D eigenvalue weighted by Crippen LogP contribution is 2.31. The van der Waals surface area contributed by atoms with Crippen LogP contribution in [0.25, 0.3) is 6.08 Å². The molecule has 1 aliphatic heterocycles. The third kappa shape index (κ3) is 4.92. The number of hydrogen-bond acceptors (Lipinski definition) is 4. The lowest BCUT2D eigenvalue weighted by atomic mass is 10.1. The number of benzene rings is 3. The van der Waals surface area contributed by atoms with Gasteiger partial charge in [-0.05, 0) is 67.4 Å². The number of carbonyl (C=O) groups excluding carboxylic acids is 1. The Labute approximate surface area is 196 Å². The highest BCUT2D eigenvalue weighted by atomic mass is 79.9. The third-order valence-electron chi connectivity index (χ3n) is 4.95. The Hall–Kier alpha value is -3.38. The van der Waals surface area contributed by atoms with Gasteiger partial charge in [0.05, 0.1) is 23.6 Å². The lowest BCUT2D eigenvalue weighted by molar-refractivity contribution is -0.114. The first-order valence-corrected chi connectivity index (χ1v) is 11.2. The third-order valence-corrected chi connectivity index (χ3v) is 5.48. The topological polar surface area (TPSA) is 51.1 Å². The molecule has 3 aromatic carbocycles. The molecule has 0 unspecified atom stereocenters. The molecule has 32 heavy (non-hydrogen) atoms. The monoisotopic (exact) mass is 490 g/mol. The highest BCUT2D eigenvalue weighted by Gasteiger charge is 2.28. The van der Waals surface area contributed by atoms with Crippen LogP contribution in [0, 0.1) is 0 Å². The number of hydrogen-bond donors (Lipinski definition) is 0. The number of halogens is 1. The Kier molecular flexibility index (Phi) is 6.71. The largest absolute Gasteiger partial charge is 0.490 e. The van der Waals surface area contributed by atoms with Crippen LogP contribution in [-0.2, 0) is 11.4 Å². The molecule has 6 heteroatoms. The highest BCUT2D eigenvalue weighted by molar-refractivity contribution is 9.10. The zero-order valence-electron chi connectivity index (χ0n) is 17.9. The number of hydrazone groups is 1. The van der Waals surface area contributed by atoms with Crippen LogP contribution in [0.4, 0.5) is 5.69 Å². The Morgan fingerprint density at radius 2 is 1.72 bits per heavy atom. The van der Waals surface area contributed by atoms with Gasteiger partial charge >= 0.3 is 0 Å². The van der Waals surface area contributed by atoms with Crippen LogP contribution < -0.4 is 14.5 Å². The predicted octanol–water partition coefficient (Wildman–Crippen LogP) is 6.23. The summed E-state index contributed by atoms with van der Waals surface area (Å²) in [5.74, 6) is 1.15. The summed E-state index contributed by atoms with van der Waals surface area (Å²) in [6.07, 6.45) is 1.84. The van der Waals surface area contributed by atoms with Crippen molar-refractivity contribution in [1.29, 1.82) is 0 Å². The predicted molar refractivity (Wildman–Crippen MR) is 131 cm³/mol. The van der Waals surface area contributed by atoms with E-state index < -0.39 is 0 Å². The summed E-state index contributed by atoms with van der Waals surface area (Å²) in [7, 11) is 0. The molecule has 1 aliphatic rings. The quantitative estimate of drug-likeness (QED) is 0.368. The van der Waals surface area contributed by atoms with Gasteiger partial charge in [-0.15, -0.1) is 0 Å². The minimum absolute atomic E-state index is 0.151. The second kappa shape index (κ2) is 9.83. The zero-order chi connectivity index (χ0) is 22.5. The minimum atomic E-state index is -0.151. The van der Waals surface area contributed by atoms with Gasteiger partial charge in [0.2, 0.25) is 0 Å². The zero-order valence-corrected chi connectivity index (χ0v) is 19.5. The van der Waals surface area contributed by atoms with Crippen molar-refractivity contribution in [1.82, 2.24) is 0 Å².